The minimum atomic E-state index is -4.78. The van der Waals surface area contributed by atoms with Crippen LogP contribution < -0.4 is 10.4 Å². The van der Waals surface area contributed by atoms with Crippen LogP contribution in [0.4, 0.5) is 17.6 Å². The van der Waals surface area contributed by atoms with Gasteiger partial charge in [0.2, 0.25) is 0 Å². The Balaban J connectivity index is 1.81. The van der Waals surface area contributed by atoms with E-state index in [1.54, 1.807) is 6.07 Å². The lowest BCUT2D eigenvalue weighted by molar-refractivity contribution is -0.274. The summed E-state index contributed by atoms with van der Waals surface area (Å²) >= 11 is 3.11. The van der Waals surface area contributed by atoms with Gasteiger partial charge < -0.3 is 4.74 Å². The van der Waals surface area contributed by atoms with Crippen LogP contribution in [-0.2, 0) is 6.54 Å². The number of rotatable bonds is 4. The normalized spacial score (nSPS) is 11.6. The van der Waals surface area contributed by atoms with Gasteiger partial charge in [0.25, 0.3) is 0 Å². The molecule has 11 heteroatoms. The molecule has 2 aromatic carbocycles. The molecule has 0 amide bonds. The zero-order chi connectivity index (χ0) is 18.9. The highest BCUT2D eigenvalue weighted by molar-refractivity contribution is 9.10. The van der Waals surface area contributed by atoms with Crippen molar-refractivity contribution in [3.63, 3.8) is 0 Å². The minimum Gasteiger partial charge on any atom is -0.406 e. The van der Waals surface area contributed by atoms with Crippen molar-refractivity contribution in [2.24, 2.45) is 0 Å². The van der Waals surface area contributed by atoms with E-state index >= 15 is 0 Å². The van der Waals surface area contributed by atoms with Crippen molar-refractivity contribution in [3.8, 4) is 11.4 Å². The van der Waals surface area contributed by atoms with Crippen molar-refractivity contribution in [3.05, 3.63) is 68.8 Å². The number of aromatic nitrogens is 4. The first-order chi connectivity index (χ1) is 12.2. The molecule has 0 aliphatic rings. The zero-order valence-corrected chi connectivity index (χ0v) is 14.3. The average Bonchev–Trinajstić information content (AvgIpc) is 2.89. The van der Waals surface area contributed by atoms with E-state index < -0.39 is 17.9 Å². The molecule has 1 aromatic heterocycles. The van der Waals surface area contributed by atoms with Gasteiger partial charge in [0.15, 0.2) is 0 Å². The summed E-state index contributed by atoms with van der Waals surface area (Å²) in [5.41, 5.74) is -0.273. The van der Waals surface area contributed by atoms with Gasteiger partial charge in [-0.05, 0) is 46.3 Å². The van der Waals surface area contributed by atoms with Gasteiger partial charge in [0.1, 0.15) is 17.3 Å². The molecule has 0 saturated carbocycles. The van der Waals surface area contributed by atoms with E-state index in [2.05, 4.69) is 31.1 Å². The van der Waals surface area contributed by atoms with Gasteiger partial charge in [0.05, 0.1) is 6.54 Å². The quantitative estimate of drug-likeness (QED) is 0.593. The predicted octanol–water partition coefficient (Wildman–Crippen LogP) is 3.28. The Labute approximate surface area is 151 Å². The molecule has 0 aliphatic heterocycles. The Morgan fingerprint density at radius 1 is 1.08 bits per heavy atom. The number of alkyl halides is 3. The van der Waals surface area contributed by atoms with Gasteiger partial charge >= 0.3 is 12.1 Å². The van der Waals surface area contributed by atoms with Crippen LogP contribution in [-0.4, -0.2) is 26.2 Å². The Kier molecular flexibility index (Phi) is 4.81. The largest absolute Gasteiger partial charge is 0.573 e. The van der Waals surface area contributed by atoms with Crippen molar-refractivity contribution >= 4 is 15.9 Å². The molecule has 136 valence electrons. The molecule has 0 radical (unpaired) electrons. The summed E-state index contributed by atoms with van der Waals surface area (Å²) in [6.07, 6.45) is -4.78. The predicted molar refractivity (Wildman–Crippen MR) is 85.5 cm³/mol. The summed E-state index contributed by atoms with van der Waals surface area (Å²) in [4.78, 5) is 12.3. The highest BCUT2D eigenvalue weighted by atomic mass is 79.9. The first-order valence-corrected chi connectivity index (χ1v) is 7.85. The van der Waals surface area contributed by atoms with Gasteiger partial charge in [-0.3, -0.25) is 0 Å². The van der Waals surface area contributed by atoms with E-state index in [0.717, 1.165) is 21.5 Å². The monoisotopic (exact) mass is 432 g/mol. The average molecular weight is 433 g/mol. The topological polar surface area (TPSA) is 61.9 Å². The van der Waals surface area contributed by atoms with Gasteiger partial charge in [0, 0.05) is 4.47 Å². The molecule has 6 nitrogen and oxygen atoms in total. The zero-order valence-electron chi connectivity index (χ0n) is 12.7. The van der Waals surface area contributed by atoms with Gasteiger partial charge in [-0.2, -0.15) is 9.36 Å². The van der Waals surface area contributed by atoms with Crippen molar-refractivity contribution < 1.29 is 22.3 Å². The van der Waals surface area contributed by atoms with Crippen LogP contribution in [0.15, 0.2) is 51.7 Å². The maximum absolute atomic E-state index is 14.0. The lowest BCUT2D eigenvalue weighted by Gasteiger charge is -2.09. The van der Waals surface area contributed by atoms with E-state index in [0.29, 0.717) is 10.0 Å². The standard InChI is InChI=1S/C15H9BrF4N4O2/c16-10-3-6-13(12(17)7-10)24-14(25)23(21-22-24)8-9-1-4-11(5-2-9)26-15(18,19)20/h1-7H,8H2. The van der Waals surface area contributed by atoms with Crippen molar-refractivity contribution in [2.45, 2.75) is 12.9 Å². The first kappa shape index (κ1) is 18.1. The van der Waals surface area contributed by atoms with Gasteiger partial charge in [-0.15, -0.1) is 13.2 Å². The van der Waals surface area contributed by atoms with Crippen LogP contribution in [0, 0.1) is 5.82 Å². The number of halogens is 5. The number of ether oxygens (including phenoxy) is 1. The van der Waals surface area contributed by atoms with Crippen LogP contribution in [0.5, 0.6) is 5.75 Å². The lowest BCUT2D eigenvalue weighted by Crippen LogP contribution is -2.25. The SMILES string of the molecule is O=c1n(Cc2ccc(OC(F)(F)F)cc2)nnn1-c1ccc(Br)cc1F. The molecule has 0 N–H and O–H groups in total. The molecule has 0 unspecified atom stereocenters. The fourth-order valence-electron chi connectivity index (χ4n) is 2.15. The van der Waals surface area contributed by atoms with E-state index in [9.17, 15) is 22.4 Å². The van der Waals surface area contributed by atoms with Gasteiger partial charge in [-0.25, -0.2) is 9.18 Å². The maximum Gasteiger partial charge on any atom is 0.573 e. The van der Waals surface area contributed by atoms with Crippen LogP contribution in [0.3, 0.4) is 0 Å². The fourth-order valence-corrected chi connectivity index (χ4v) is 2.48. The van der Waals surface area contributed by atoms with Crippen LogP contribution in [0.1, 0.15) is 5.56 Å². The third kappa shape index (κ3) is 4.10. The fraction of sp³-hybridized carbons (Fsp3) is 0.133. The highest BCUT2D eigenvalue weighted by Gasteiger charge is 2.30. The molecule has 3 aromatic rings. The van der Waals surface area contributed by atoms with E-state index in [1.165, 1.54) is 24.3 Å². The van der Waals surface area contributed by atoms with Crippen molar-refractivity contribution in [1.29, 1.82) is 0 Å². The molecule has 0 saturated heterocycles. The number of nitrogens with zero attached hydrogens (tertiary/aromatic N) is 4. The van der Waals surface area contributed by atoms with Crippen molar-refractivity contribution in [1.82, 2.24) is 19.8 Å². The maximum atomic E-state index is 14.0. The first-order valence-electron chi connectivity index (χ1n) is 7.06. The Bertz CT molecular complexity index is 983. The minimum absolute atomic E-state index is 0.0523. The molecule has 1 heterocycles. The highest BCUT2D eigenvalue weighted by Crippen LogP contribution is 2.23. The third-order valence-electron chi connectivity index (χ3n) is 3.27. The third-order valence-corrected chi connectivity index (χ3v) is 3.76. The smallest absolute Gasteiger partial charge is 0.406 e. The van der Waals surface area contributed by atoms with E-state index in [1.807, 2.05) is 0 Å². The molecule has 3 rings (SSSR count). The summed E-state index contributed by atoms with van der Waals surface area (Å²) in [5, 5.41) is 7.29. The number of benzene rings is 2. The molecule has 0 fully saturated rings. The number of hydrogen-bond donors (Lipinski definition) is 0. The Morgan fingerprint density at radius 3 is 2.38 bits per heavy atom. The second-order valence-corrected chi connectivity index (χ2v) is 6.03. The number of tetrazole rings is 1. The van der Waals surface area contributed by atoms with Crippen molar-refractivity contribution in [2.75, 3.05) is 0 Å². The summed E-state index contributed by atoms with van der Waals surface area (Å²) in [6.45, 7) is -0.0523. The second-order valence-electron chi connectivity index (χ2n) is 5.12. The van der Waals surface area contributed by atoms with Gasteiger partial charge in [-0.1, -0.05) is 28.1 Å². The summed E-state index contributed by atoms with van der Waals surface area (Å²) < 4.78 is 56.4. The Morgan fingerprint density at radius 2 is 1.77 bits per heavy atom. The molecular formula is C15H9BrF4N4O2. The molecule has 0 bridgehead atoms. The molecule has 0 atom stereocenters. The van der Waals surface area contributed by atoms with Crippen LogP contribution in [0.2, 0.25) is 0 Å². The Hall–Kier alpha value is -2.69. The van der Waals surface area contributed by atoms with Crippen LogP contribution in [0.25, 0.3) is 5.69 Å². The molecule has 0 aliphatic carbocycles. The summed E-state index contributed by atoms with van der Waals surface area (Å²) in [7, 11) is 0. The van der Waals surface area contributed by atoms with Crippen LogP contribution >= 0.6 is 15.9 Å². The summed E-state index contributed by atoms with van der Waals surface area (Å²) in [5.74, 6) is -1.05. The second kappa shape index (κ2) is 6.90. The van der Waals surface area contributed by atoms with E-state index in [4.69, 9.17) is 0 Å². The molecule has 26 heavy (non-hydrogen) atoms. The summed E-state index contributed by atoms with van der Waals surface area (Å²) in [6, 6.07) is 9.03. The molecular weight excluding hydrogens is 424 g/mol. The molecule has 0 spiro atoms. The van der Waals surface area contributed by atoms with E-state index in [-0.39, 0.29) is 18.0 Å². The lowest BCUT2D eigenvalue weighted by atomic mass is 10.2. The number of hydrogen-bond acceptors (Lipinski definition) is 4.